The van der Waals surface area contributed by atoms with Gasteiger partial charge < -0.3 is 5.32 Å². The predicted octanol–water partition coefficient (Wildman–Crippen LogP) is 5.67. The monoisotopic (exact) mass is 301 g/mol. The molecule has 1 heterocycles. The molecule has 0 bridgehead atoms. The maximum atomic E-state index is 5.97. The van der Waals surface area contributed by atoms with Crippen LogP contribution < -0.4 is 5.32 Å². The highest BCUT2D eigenvalue weighted by molar-refractivity contribution is 7.16. The summed E-state index contributed by atoms with van der Waals surface area (Å²) in [7, 11) is 2.07. The van der Waals surface area contributed by atoms with Crippen molar-refractivity contribution in [2.75, 3.05) is 7.05 Å². The van der Waals surface area contributed by atoms with Gasteiger partial charge in [0.1, 0.15) is 0 Å². The topological polar surface area (TPSA) is 12.0 Å². The largest absolute Gasteiger partial charge is 0.317 e. The minimum absolute atomic E-state index is 0.602. The maximum absolute atomic E-state index is 5.97. The zero-order chi connectivity index (χ0) is 13.9. The van der Waals surface area contributed by atoms with Crippen LogP contribution in [0.1, 0.15) is 63.2 Å². The molecule has 110 valence electrons. The molecule has 0 spiro atoms. The van der Waals surface area contributed by atoms with Crippen molar-refractivity contribution in [1.82, 2.24) is 5.32 Å². The van der Waals surface area contributed by atoms with E-state index >= 15 is 0 Å². The number of thiophene rings is 1. The third kappa shape index (κ3) is 7.96. The Morgan fingerprint density at radius 2 is 1.79 bits per heavy atom. The Morgan fingerprint density at radius 1 is 1.11 bits per heavy atom. The molecule has 1 aromatic rings. The number of hydrogen-bond acceptors (Lipinski definition) is 2. The summed E-state index contributed by atoms with van der Waals surface area (Å²) in [5.41, 5.74) is 0. The predicted molar refractivity (Wildman–Crippen MR) is 88.5 cm³/mol. The van der Waals surface area contributed by atoms with Gasteiger partial charge in [0.25, 0.3) is 0 Å². The highest BCUT2D eigenvalue weighted by Crippen LogP contribution is 2.23. The Labute approximate surface area is 127 Å². The van der Waals surface area contributed by atoms with Crippen LogP contribution in [0.25, 0.3) is 0 Å². The van der Waals surface area contributed by atoms with Gasteiger partial charge in [-0.2, -0.15) is 0 Å². The van der Waals surface area contributed by atoms with Crippen molar-refractivity contribution < 1.29 is 0 Å². The normalized spacial score (nSPS) is 12.8. The van der Waals surface area contributed by atoms with E-state index in [1.807, 2.05) is 6.07 Å². The van der Waals surface area contributed by atoms with E-state index < -0.39 is 0 Å². The molecule has 3 heteroatoms. The third-order valence-electron chi connectivity index (χ3n) is 3.64. The second-order valence-electron chi connectivity index (χ2n) is 5.31. The van der Waals surface area contributed by atoms with Gasteiger partial charge in [-0.3, -0.25) is 0 Å². The second kappa shape index (κ2) is 10.7. The maximum Gasteiger partial charge on any atom is 0.0931 e. The molecule has 0 saturated heterocycles. The average molecular weight is 302 g/mol. The lowest BCUT2D eigenvalue weighted by atomic mass is 10.0. The molecule has 0 aromatic carbocycles. The summed E-state index contributed by atoms with van der Waals surface area (Å²) in [5.74, 6) is 0. The van der Waals surface area contributed by atoms with Crippen LogP contribution in [0.5, 0.6) is 0 Å². The van der Waals surface area contributed by atoms with Gasteiger partial charge in [-0.15, -0.1) is 11.3 Å². The van der Waals surface area contributed by atoms with Crippen molar-refractivity contribution in [2.45, 2.75) is 70.8 Å². The Hall–Kier alpha value is -0.0500. The van der Waals surface area contributed by atoms with Crippen LogP contribution in [-0.2, 0) is 6.42 Å². The highest BCUT2D eigenvalue weighted by atomic mass is 35.5. The lowest BCUT2D eigenvalue weighted by Gasteiger charge is -2.15. The molecule has 0 aliphatic carbocycles. The van der Waals surface area contributed by atoms with Gasteiger partial charge in [0, 0.05) is 10.9 Å². The Balaban J connectivity index is 2.08. The summed E-state index contributed by atoms with van der Waals surface area (Å²) in [4.78, 5) is 1.40. The first-order chi connectivity index (χ1) is 9.26. The van der Waals surface area contributed by atoms with Crippen LogP contribution in [0.2, 0.25) is 4.34 Å². The molecule has 1 rings (SSSR count). The lowest BCUT2D eigenvalue weighted by molar-refractivity contribution is 0.480. The third-order valence-corrected chi connectivity index (χ3v) is 4.89. The molecule has 1 N–H and O–H groups in total. The van der Waals surface area contributed by atoms with Crippen molar-refractivity contribution >= 4 is 22.9 Å². The highest BCUT2D eigenvalue weighted by Gasteiger charge is 2.08. The molecule has 1 atom stereocenters. The van der Waals surface area contributed by atoms with Crippen LogP contribution in [0, 0.1) is 0 Å². The fourth-order valence-corrected chi connectivity index (χ4v) is 3.57. The fourth-order valence-electron chi connectivity index (χ4n) is 2.40. The minimum atomic E-state index is 0.602. The summed E-state index contributed by atoms with van der Waals surface area (Å²) in [6.07, 6.45) is 12.1. The fraction of sp³-hybridized carbons (Fsp3) is 0.750. The van der Waals surface area contributed by atoms with Gasteiger partial charge in [0.2, 0.25) is 0 Å². The van der Waals surface area contributed by atoms with E-state index in [1.165, 1.54) is 56.2 Å². The van der Waals surface area contributed by atoms with Crippen molar-refractivity contribution in [3.63, 3.8) is 0 Å². The minimum Gasteiger partial charge on any atom is -0.317 e. The van der Waals surface area contributed by atoms with E-state index in [1.54, 1.807) is 11.3 Å². The number of halogens is 1. The molecule has 1 unspecified atom stereocenters. The lowest BCUT2D eigenvalue weighted by Crippen LogP contribution is -2.27. The summed E-state index contributed by atoms with van der Waals surface area (Å²) >= 11 is 7.68. The van der Waals surface area contributed by atoms with Crippen molar-refractivity contribution in [3.05, 3.63) is 21.3 Å². The molecule has 0 fully saturated rings. The summed E-state index contributed by atoms with van der Waals surface area (Å²) in [6, 6.07) is 4.76. The molecule has 19 heavy (non-hydrogen) atoms. The molecular formula is C16H28ClNS. The Kier molecular flexibility index (Phi) is 9.58. The van der Waals surface area contributed by atoms with Crippen LogP contribution in [0.3, 0.4) is 0 Å². The smallest absolute Gasteiger partial charge is 0.0931 e. The summed E-state index contributed by atoms with van der Waals surface area (Å²) in [5, 5.41) is 3.43. The van der Waals surface area contributed by atoms with Gasteiger partial charge >= 0.3 is 0 Å². The zero-order valence-electron chi connectivity index (χ0n) is 12.4. The molecule has 0 aliphatic rings. The van der Waals surface area contributed by atoms with Gasteiger partial charge in [0.15, 0.2) is 0 Å². The van der Waals surface area contributed by atoms with E-state index in [0.29, 0.717) is 6.04 Å². The standard InChI is InChI=1S/C16H28ClNS/c1-3-4-5-6-7-8-9-10-14(18-2)13-15-11-12-16(17)19-15/h11-12,14,18H,3-10,13H2,1-2H3. The quantitative estimate of drug-likeness (QED) is 0.519. The molecule has 0 saturated carbocycles. The Morgan fingerprint density at radius 3 is 2.37 bits per heavy atom. The number of unbranched alkanes of at least 4 members (excludes halogenated alkanes) is 6. The zero-order valence-corrected chi connectivity index (χ0v) is 14.0. The molecule has 1 aromatic heterocycles. The van der Waals surface area contributed by atoms with Crippen LogP contribution >= 0.6 is 22.9 Å². The van der Waals surface area contributed by atoms with Gasteiger partial charge in [-0.05, 0) is 32.0 Å². The number of likely N-dealkylation sites (N-methyl/N-ethyl adjacent to an activating group) is 1. The second-order valence-corrected chi connectivity index (χ2v) is 7.11. The molecular weight excluding hydrogens is 274 g/mol. The Bertz CT molecular complexity index is 324. The van der Waals surface area contributed by atoms with Crippen LogP contribution in [0.4, 0.5) is 0 Å². The van der Waals surface area contributed by atoms with Gasteiger partial charge in [-0.25, -0.2) is 0 Å². The van der Waals surface area contributed by atoms with Crippen molar-refractivity contribution in [3.8, 4) is 0 Å². The van der Waals surface area contributed by atoms with E-state index in [9.17, 15) is 0 Å². The average Bonchev–Trinajstić information content (AvgIpc) is 2.81. The van der Waals surface area contributed by atoms with Crippen molar-refractivity contribution in [2.24, 2.45) is 0 Å². The van der Waals surface area contributed by atoms with Crippen LogP contribution in [-0.4, -0.2) is 13.1 Å². The molecule has 0 aliphatic heterocycles. The van der Waals surface area contributed by atoms with Crippen LogP contribution in [0.15, 0.2) is 12.1 Å². The SMILES string of the molecule is CCCCCCCCCC(Cc1ccc(Cl)s1)NC. The first-order valence-corrected chi connectivity index (χ1v) is 8.87. The molecule has 0 amide bonds. The van der Waals surface area contributed by atoms with Crippen molar-refractivity contribution in [1.29, 1.82) is 0 Å². The van der Waals surface area contributed by atoms with E-state index in [2.05, 4.69) is 25.4 Å². The molecule has 1 nitrogen and oxygen atoms in total. The van der Waals surface area contributed by atoms with Gasteiger partial charge in [0.05, 0.1) is 4.34 Å². The van der Waals surface area contributed by atoms with E-state index in [-0.39, 0.29) is 0 Å². The molecule has 0 radical (unpaired) electrons. The number of rotatable bonds is 11. The van der Waals surface area contributed by atoms with E-state index in [4.69, 9.17) is 11.6 Å². The van der Waals surface area contributed by atoms with Gasteiger partial charge in [-0.1, -0.05) is 63.5 Å². The number of hydrogen-bond donors (Lipinski definition) is 1. The number of nitrogens with one attached hydrogen (secondary N) is 1. The first-order valence-electron chi connectivity index (χ1n) is 7.67. The van der Waals surface area contributed by atoms with E-state index in [0.717, 1.165) is 10.8 Å². The summed E-state index contributed by atoms with van der Waals surface area (Å²) in [6.45, 7) is 2.27. The first kappa shape index (κ1) is 17.0. The summed E-state index contributed by atoms with van der Waals surface area (Å²) < 4.78 is 0.903.